The molecule has 99 heavy (non-hydrogen) atoms. The van der Waals surface area contributed by atoms with Gasteiger partial charge >= 0.3 is 39.5 Å². The van der Waals surface area contributed by atoms with E-state index in [1.54, 1.807) is 0 Å². The van der Waals surface area contributed by atoms with E-state index in [9.17, 15) is 43.2 Å². The van der Waals surface area contributed by atoms with Gasteiger partial charge in [0.05, 0.1) is 26.4 Å². The number of hydrogen-bond donors (Lipinski definition) is 3. The molecule has 3 unspecified atom stereocenters. The summed E-state index contributed by atoms with van der Waals surface area (Å²) in [6.45, 7) is 14.2. The van der Waals surface area contributed by atoms with Crippen LogP contribution in [0, 0.1) is 23.7 Å². The third-order valence-electron chi connectivity index (χ3n) is 18.6. The van der Waals surface area contributed by atoms with Crippen molar-refractivity contribution in [3.8, 4) is 0 Å². The number of carbonyl (C=O) groups is 4. The van der Waals surface area contributed by atoms with E-state index in [-0.39, 0.29) is 25.7 Å². The number of rotatable bonds is 77. The van der Waals surface area contributed by atoms with Crippen LogP contribution in [0.4, 0.5) is 0 Å². The van der Waals surface area contributed by atoms with Crippen LogP contribution in [0.25, 0.3) is 0 Å². The standard InChI is InChI=1S/C80H156O17P2/c1-70(2)56-48-40-32-26-21-17-13-9-11-15-19-23-29-35-44-52-60-77(82)90-66-75(96-80(85)63-55-47-37-31-25-28-34-42-50-58-72(5)6)68-94-98(86,87)92-64-74(81)65-93-99(88,89)95-69-76(67-91-78(83)61-53-45-39-38-43-51-59-73(7)8)97-79(84)62-54-46-36-30-24-20-16-12-10-14-18-22-27-33-41-49-57-71(3)4/h70-76,81H,9-69H2,1-8H3,(H,86,87)(H,88,89)/t74?,75-,76-/m1/s1. The molecule has 588 valence electrons. The largest absolute Gasteiger partial charge is 0.472 e. The van der Waals surface area contributed by atoms with E-state index in [2.05, 4.69) is 55.4 Å². The molecule has 0 aromatic heterocycles. The van der Waals surface area contributed by atoms with Gasteiger partial charge in [-0.15, -0.1) is 0 Å². The first-order valence-electron chi connectivity index (χ1n) is 41.2. The van der Waals surface area contributed by atoms with Crippen molar-refractivity contribution in [2.75, 3.05) is 39.6 Å². The molecule has 0 amide bonds. The number of hydrogen-bond acceptors (Lipinski definition) is 15. The monoisotopic (exact) mass is 1450 g/mol. The van der Waals surface area contributed by atoms with Gasteiger partial charge in [-0.3, -0.25) is 37.3 Å². The molecule has 0 bridgehead atoms. The van der Waals surface area contributed by atoms with Gasteiger partial charge in [0.1, 0.15) is 19.3 Å². The number of phosphoric acid groups is 2. The Kier molecular flexibility index (Phi) is 67.8. The van der Waals surface area contributed by atoms with E-state index in [1.807, 2.05) is 0 Å². The Bertz CT molecular complexity index is 1940. The van der Waals surface area contributed by atoms with Crippen LogP contribution in [0.3, 0.4) is 0 Å². The fourth-order valence-corrected chi connectivity index (χ4v) is 13.8. The third kappa shape index (κ3) is 74.1. The minimum atomic E-state index is -4.96. The topological polar surface area (TPSA) is 237 Å². The molecule has 3 N–H and O–H groups in total. The molecule has 0 saturated carbocycles. The first-order chi connectivity index (χ1) is 47.6. The molecule has 17 nitrogen and oxygen atoms in total. The average Bonchev–Trinajstić information content (AvgIpc) is 0.954. The summed E-state index contributed by atoms with van der Waals surface area (Å²) in [5, 5.41) is 10.6. The predicted molar refractivity (Wildman–Crippen MR) is 404 cm³/mol. The maximum Gasteiger partial charge on any atom is 0.472 e. The fraction of sp³-hybridized carbons (Fsp3) is 0.950. The van der Waals surface area contributed by atoms with Crippen LogP contribution in [0.2, 0.25) is 0 Å². The van der Waals surface area contributed by atoms with Gasteiger partial charge in [-0.25, -0.2) is 9.13 Å². The Balaban J connectivity index is 5.17. The van der Waals surface area contributed by atoms with Gasteiger partial charge in [0, 0.05) is 25.7 Å². The minimum Gasteiger partial charge on any atom is -0.462 e. The summed E-state index contributed by atoms with van der Waals surface area (Å²) in [4.78, 5) is 72.9. The van der Waals surface area contributed by atoms with E-state index in [0.717, 1.165) is 114 Å². The molecule has 0 aliphatic heterocycles. The summed E-state index contributed by atoms with van der Waals surface area (Å²) in [6, 6.07) is 0. The molecule has 0 radical (unpaired) electrons. The van der Waals surface area contributed by atoms with E-state index in [1.165, 1.54) is 205 Å². The Morgan fingerprint density at radius 3 is 0.626 bits per heavy atom. The molecule has 19 heteroatoms. The maximum absolute atomic E-state index is 13.1. The Morgan fingerprint density at radius 2 is 0.424 bits per heavy atom. The molecular formula is C80H156O17P2. The van der Waals surface area contributed by atoms with Crippen molar-refractivity contribution in [3.05, 3.63) is 0 Å². The zero-order chi connectivity index (χ0) is 73.1. The smallest absolute Gasteiger partial charge is 0.462 e. The average molecular weight is 1450 g/mol. The Labute approximate surface area is 607 Å². The zero-order valence-electron chi connectivity index (χ0n) is 65.1. The fourth-order valence-electron chi connectivity index (χ4n) is 12.3. The van der Waals surface area contributed by atoms with E-state index in [0.29, 0.717) is 31.6 Å². The number of phosphoric ester groups is 2. The second-order valence-corrected chi connectivity index (χ2v) is 33.6. The van der Waals surface area contributed by atoms with Crippen LogP contribution in [-0.4, -0.2) is 96.7 Å². The summed E-state index contributed by atoms with van der Waals surface area (Å²) in [6.07, 6.45) is 55.8. The van der Waals surface area contributed by atoms with Crippen molar-refractivity contribution in [2.45, 2.75) is 427 Å². The van der Waals surface area contributed by atoms with Crippen LogP contribution in [0.5, 0.6) is 0 Å². The molecule has 0 spiro atoms. The summed E-state index contributed by atoms with van der Waals surface area (Å²) in [5.74, 6) is 0.919. The van der Waals surface area contributed by atoms with Crippen molar-refractivity contribution in [1.82, 2.24) is 0 Å². The lowest BCUT2D eigenvalue weighted by Gasteiger charge is -2.21. The van der Waals surface area contributed by atoms with Gasteiger partial charge in [-0.1, -0.05) is 357 Å². The lowest BCUT2D eigenvalue weighted by molar-refractivity contribution is -0.161. The highest BCUT2D eigenvalue weighted by molar-refractivity contribution is 7.47. The molecule has 0 heterocycles. The van der Waals surface area contributed by atoms with Gasteiger partial charge in [-0.05, 0) is 49.4 Å². The second kappa shape index (κ2) is 69.1. The highest BCUT2D eigenvalue weighted by Crippen LogP contribution is 2.45. The molecule has 0 aliphatic rings. The summed E-state index contributed by atoms with van der Waals surface area (Å²) in [5.41, 5.74) is 0. The predicted octanol–water partition coefficient (Wildman–Crippen LogP) is 23.6. The van der Waals surface area contributed by atoms with Crippen LogP contribution in [-0.2, 0) is 65.4 Å². The lowest BCUT2D eigenvalue weighted by atomic mass is 10.0. The van der Waals surface area contributed by atoms with Gasteiger partial charge in [0.25, 0.3) is 0 Å². The van der Waals surface area contributed by atoms with E-state index >= 15 is 0 Å². The van der Waals surface area contributed by atoms with Crippen LogP contribution >= 0.6 is 15.6 Å². The molecule has 0 aromatic rings. The molecule has 0 rings (SSSR count). The quantitative estimate of drug-likeness (QED) is 0.0222. The number of ether oxygens (including phenoxy) is 4. The normalized spacial score (nSPS) is 14.1. The van der Waals surface area contributed by atoms with Crippen molar-refractivity contribution in [3.63, 3.8) is 0 Å². The van der Waals surface area contributed by atoms with Crippen molar-refractivity contribution >= 4 is 39.5 Å². The van der Waals surface area contributed by atoms with Gasteiger partial charge in [0.2, 0.25) is 0 Å². The van der Waals surface area contributed by atoms with Crippen LogP contribution < -0.4 is 0 Å². The number of aliphatic hydroxyl groups is 1. The molecular weight excluding hydrogens is 1290 g/mol. The summed E-state index contributed by atoms with van der Waals surface area (Å²) in [7, 11) is -9.92. The highest BCUT2D eigenvalue weighted by atomic mass is 31.2. The van der Waals surface area contributed by atoms with E-state index < -0.39 is 97.5 Å². The molecule has 0 fully saturated rings. The first-order valence-corrected chi connectivity index (χ1v) is 44.2. The Morgan fingerprint density at radius 1 is 0.253 bits per heavy atom. The van der Waals surface area contributed by atoms with Crippen molar-refractivity contribution < 1.29 is 80.2 Å². The number of aliphatic hydroxyl groups excluding tert-OH is 1. The molecule has 5 atom stereocenters. The van der Waals surface area contributed by atoms with Crippen LogP contribution in [0.1, 0.15) is 409 Å². The highest BCUT2D eigenvalue weighted by Gasteiger charge is 2.30. The maximum atomic E-state index is 13.1. The van der Waals surface area contributed by atoms with E-state index in [4.69, 9.17) is 37.0 Å². The number of carbonyl (C=O) groups excluding carboxylic acids is 4. The van der Waals surface area contributed by atoms with Crippen LogP contribution in [0.15, 0.2) is 0 Å². The van der Waals surface area contributed by atoms with Gasteiger partial charge in [-0.2, -0.15) is 0 Å². The molecule has 0 aromatic carbocycles. The summed E-state index contributed by atoms with van der Waals surface area (Å²) >= 11 is 0. The van der Waals surface area contributed by atoms with Gasteiger partial charge in [0.15, 0.2) is 12.2 Å². The van der Waals surface area contributed by atoms with Crippen molar-refractivity contribution in [1.29, 1.82) is 0 Å². The second-order valence-electron chi connectivity index (χ2n) is 30.7. The summed E-state index contributed by atoms with van der Waals surface area (Å²) < 4.78 is 68.6. The Hall–Kier alpha value is -1.94. The SMILES string of the molecule is CC(C)CCCCCCCCCCCCCCCCCCC(=O)OC[C@H](COP(=O)(O)OCC(O)COP(=O)(O)OC[C@@H](COC(=O)CCCCCCCCC(C)C)OC(=O)CCCCCCCCCCCCCCCCCCC(C)C)OC(=O)CCCCCCCCCCCC(C)C. The zero-order valence-corrected chi connectivity index (χ0v) is 66.9. The van der Waals surface area contributed by atoms with Gasteiger partial charge < -0.3 is 33.8 Å². The lowest BCUT2D eigenvalue weighted by Crippen LogP contribution is -2.30. The third-order valence-corrected chi connectivity index (χ3v) is 20.5. The minimum absolute atomic E-state index is 0.105. The first kappa shape index (κ1) is 97.1. The number of esters is 4. The molecule has 0 saturated heterocycles. The van der Waals surface area contributed by atoms with Crippen molar-refractivity contribution in [2.24, 2.45) is 23.7 Å². The number of unbranched alkanes of at least 4 members (excludes halogenated alkanes) is 43. The molecule has 0 aliphatic carbocycles.